The maximum absolute atomic E-state index is 5.97. The number of nitrogens with zero attached hydrogens (tertiary/aromatic N) is 1. The quantitative estimate of drug-likeness (QED) is 0.813. The molecule has 0 amide bonds. The van der Waals surface area contributed by atoms with E-state index in [2.05, 4.69) is 43.2 Å². The summed E-state index contributed by atoms with van der Waals surface area (Å²) in [5.74, 6) is 0. The molecular weight excluding hydrogens is 232 g/mol. The molecule has 0 radical (unpaired) electrons. The lowest BCUT2D eigenvalue weighted by Crippen LogP contribution is -2.58. The van der Waals surface area contributed by atoms with E-state index in [0.717, 1.165) is 13.1 Å². The third-order valence-electron chi connectivity index (χ3n) is 3.67. The Morgan fingerprint density at radius 2 is 2.29 bits per heavy atom. The van der Waals surface area contributed by atoms with Crippen molar-refractivity contribution < 1.29 is 4.74 Å². The van der Waals surface area contributed by atoms with Gasteiger partial charge < -0.3 is 10.5 Å². The van der Waals surface area contributed by atoms with E-state index in [4.69, 9.17) is 10.5 Å². The smallest absolute Gasteiger partial charge is 0.0736 e. The molecule has 0 saturated carbocycles. The van der Waals surface area contributed by atoms with Gasteiger partial charge in [-0.3, -0.25) is 4.90 Å². The van der Waals surface area contributed by atoms with Gasteiger partial charge in [0.25, 0.3) is 0 Å². The molecule has 0 aromatic carbocycles. The lowest BCUT2D eigenvalue weighted by molar-refractivity contribution is -0.0327. The van der Waals surface area contributed by atoms with Crippen molar-refractivity contribution in [1.82, 2.24) is 4.90 Å². The summed E-state index contributed by atoms with van der Waals surface area (Å²) >= 11 is 1.79. The van der Waals surface area contributed by atoms with Crippen molar-refractivity contribution >= 4 is 11.3 Å². The van der Waals surface area contributed by atoms with Crippen LogP contribution in [-0.4, -0.2) is 36.7 Å². The van der Waals surface area contributed by atoms with Gasteiger partial charge in [-0.2, -0.15) is 0 Å². The van der Waals surface area contributed by atoms with E-state index in [-0.39, 0.29) is 11.6 Å². The number of ether oxygens (including phenoxy) is 1. The predicted molar refractivity (Wildman–Crippen MR) is 74.3 cm³/mol. The highest BCUT2D eigenvalue weighted by molar-refractivity contribution is 7.09. The highest BCUT2D eigenvalue weighted by atomic mass is 32.1. The number of hydrogen-bond acceptors (Lipinski definition) is 4. The second-order valence-electron chi connectivity index (χ2n) is 4.53. The fraction of sp³-hybridized carbons (Fsp3) is 0.692. The molecule has 2 atom stereocenters. The number of rotatable bonds is 7. The maximum Gasteiger partial charge on any atom is 0.0736 e. The van der Waals surface area contributed by atoms with Crippen LogP contribution in [0.4, 0.5) is 0 Å². The van der Waals surface area contributed by atoms with E-state index in [9.17, 15) is 0 Å². The predicted octanol–water partition coefficient (Wildman–Crippen LogP) is 2.32. The molecule has 0 fully saturated rings. The summed E-state index contributed by atoms with van der Waals surface area (Å²) in [6.45, 7) is 8.95. The van der Waals surface area contributed by atoms with E-state index >= 15 is 0 Å². The fourth-order valence-corrected chi connectivity index (χ4v) is 2.77. The Morgan fingerprint density at radius 1 is 1.59 bits per heavy atom. The zero-order chi connectivity index (χ0) is 12.9. The molecule has 2 N–H and O–H groups in total. The van der Waals surface area contributed by atoms with Crippen LogP contribution in [0.25, 0.3) is 0 Å². The first-order valence-corrected chi connectivity index (χ1v) is 6.96. The number of nitrogens with two attached hydrogens (primary N) is 1. The van der Waals surface area contributed by atoms with Crippen LogP contribution in [0.2, 0.25) is 0 Å². The van der Waals surface area contributed by atoms with Gasteiger partial charge in [0.05, 0.1) is 11.6 Å². The van der Waals surface area contributed by atoms with Crippen LogP contribution in [0.5, 0.6) is 0 Å². The van der Waals surface area contributed by atoms with Gasteiger partial charge in [-0.1, -0.05) is 13.0 Å². The van der Waals surface area contributed by atoms with Crippen LogP contribution in [0.15, 0.2) is 17.5 Å². The highest BCUT2D eigenvalue weighted by Crippen LogP contribution is 2.24. The van der Waals surface area contributed by atoms with E-state index in [0.29, 0.717) is 6.54 Å². The summed E-state index contributed by atoms with van der Waals surface area (Å²) < 4.78 is 5.49. The van der Waals surface area contributed by atoms with Gasteiger partial charge in [0, 0.05) is 25.1 Å². The van der Waals surface area contributed by atoms with Crippen LogP contribution >= 0.6 is 11.3 Å². The minimum atomic E-state index is -0.118. The molecule has 1 rings (SSSR count). The molecule has 1 aromatic rings. The summed E-state index contributed by atoms with van der Waals surface area (Å²) in [5, 5.41) is 2.11. The molecule has 1 aromatic heterocycles. The summed E-state index contributed by atoms with van der Waals surface area (Å²) in [6, 6.07) is 4.26. The van der Waals surface area contributed by atoms with Crippen LogP contribution in [-0.2, 0) is 11.3 Å². The Bertz CT molecular complexity index is 315. The first-order valence-electron chi connectivity index (χ1n) is 6.08. The minimum absolute atomic E-state index is 0.118. The minimum Gasteiger partial charge on any atom is -0.380 e. The SMILES string of the molecule is CCN(Cc1cccs1)C(C)(CN)C(C)OC. The second-order valence-corrected chi connectivity index (χ2v) is 5.57. The van der Waals surface area contributed by atoms with Gasteiger partial charge >= 0.3 is 0 Å². The Balaban J connectivity index is 2.82. The molecule has 0 bridgehead atoms. The topological polar surface area (TPSA) is 38.5 Å². The van der Waals surface area contributed by atoms with Gasteiger partial charge in [-0.25, -0.2) is 0 Å². The van der Waals surface area contributed by atoms with Gasteiger partial charge in [0.15, 0.2) is 0 Å². The number of thiophene rings is 1. The van der Waals surface area contributed by atoms with Crippen molar-refractivity contribution in [3.05, 3.63) is 22.4 Å². The fourth-order valence-electron chi connectivity index (χ4n) is 2.05. The second kappa shape index (κ2) is 6.50. The van der Waals surface area contributed by atoms with Crippen LogP contribution < -0.4 is 5.73 Å². The van der Waals surface area contributed by atoms with Crippen molar-refractivity contribution in [3.63, 3.8) is 0 Å². The van der Waals surface area contributed by atoms with E-state index in [1.807, 2.05) is 0 Å². The first kappa shape index (κ1) is 14.6. The molecule has 0 saturated heterocycles. The van der Waals surface area contributed by atoms with Crippen molar-refractivity contribution in [1.29, 1.82) is 0 Å². The average Bonchev–Trinajstić information content (AvgIpc) is 2.86. The van der Waals surface area contributed by atoms with Crippen molar-refractivity contribution in [2.24, 2.45) is 5.73 Å². The summed E-state index contributed by atoms with van der Waals surface area (Å²) in [7, 11) is 1.75. The average molecular weight is 256 g/mol. The van der Waals surface area contributed by atoms with E-state index < -0.39 is 0 Å². The lowest BCUT2D eigenvalue weighted by atomic mass is 9.93. The molecule has 98 valence electrons. The highest BCUT2D eigenvalue weighted by Gasteiger charge is 2.35. The third kappa shape index (κ3) is 3.28. The molecule has 4 heteroatoms. The Morgan fingerprint density at radius 3 is 2.71 bits per heavy atom. The number of methoxy groups -OCH3 is 1. The van der Waals surface area contributed by atoms with Crippen LogP contribution in [0.3, 0.4) is 0 Å². The summed E-state index contributed by atoms with van der Waals surface area (Å²) in [5.41, 5.74) is 5.85. The van der Waals surface area contributed by atoms with Gasteiger partial charge in [0.1, 0.15) is 0 Å². The van der Waals surface area contributed by atoms with Crippen LogP contribution in [0, 0.1) is 0 Å². The number of likely N-dealkylation sites (N-methyl/N-ethyl adjacent to an activating group) is 1. The molecule has 1 heterocycles. The largest absolute Gasteiger partial charge is 0.380 e. The number of hydrogen-bond donors (Lipinski definition) is 1. The zero-order valence-corrected chi connectivity index (χ0v) is 12.1. The zero-order valence-electron chi connectivity index (χ0n) is 11.3. The van der Waals surface area contributed by atoms with Crippen molar-refractivity contribution in [2.75, 3.05) is 20.2 Å². The molecule has 0 spiro atoms. The summed E-state index contributed by atoms with van der Waals surface area (Å²) in [6.07, 6.45) is 0.118. The van der Waals surface area contributed by atoms with Gasteiger partial charge in [-0.15, -0.1) is 11.3 Å². The monoisotopic (exact) mass is 256 g/mol. The van der Waals surface area contributed by atoms with Gasteiger partial charge in [-0.05, 0) is 31.8 Å². The standard InChI is InChI=1S/C13H24N2OS/c1-5-15(9-12-7-6-8-17-12)13(3,10-14)11(2)16-4/h6-8,11H,5,9-10,14H2,1-4H3. The normalized spacial score (nSPS) is 17.1. The van der Waals surface area contributed by atoms with Crippen molar-refractivity contribution in [2.45, 2.75) is 39.0 Å². The van der Waals surface area contributed by atoms with E-state index in [1.165, 1.54) is 4.88 Å². The third-order valence-corrected chi connectivity index (χ3v) is 4.53. The molecule has 0 aliphatic carbocycles. The molecular formula is C13H24N2OS. The summed E-state index contributed by atoms with van der Waals surface area (Å²) in [4.78, 5) is 3.77. The first-order chi connectivity index (χ1) is 8.08. The van der Waals surface area contributed by atoms with Crippen LogP contribution in [0.1, 0.15) is 25.6 Å². The molecule has 0 aliphatic rings. The van der Waals surface area contributed by atoms with Gasteiger partial charge in [0.2, 0.25) is 0 Å². The Labute approximate surface area is 109 Å². The molecule has 2 unspecified atom stereocenters. The lowest BCUT2D eigenvalue weighted by Gasteiger charge is -2.43. The Kier molecular flexibility index (Phi) is 5.59. The Hall–Kier alpha value is -0.420. The molecule has 17 heavy (non-hydrogen) atoms. The molecule has 3 nitrogen and oxygen atoms in total. The molecule has 0 aliphatic heterocycles. The maximum atomic E-state index is 5.97. The van der Waals surface area contributed by atoms with E-state index in [1.54, 1.807) is 18.4 Å². The van der Waals surface area contributed by atoms with Crippen molar-refractivity contribution in [3.8, 4) is 0 Å².